The van der Waals surface area contributed by atoms with Gasteiger partial charge in [0.25, 0.3) is 5.69 Å². The first kappa shape index (κ1) is 10.6. The van der Waals surface area contributed by atoms with Crippen molar-refractivity contribution < 1.29 is 14.8 Å². The predicted molar refractivity (Wildman–Crippen MR) is 52.7 cm³/mol. The first-order valence-electron chi connectivity index (χ1n) is 3.63. The Labute approximate surface area is 87.6 Å². The fraction of sp³-hybridized carbons (Fsp3) is 0.125. The zero-order chi connectivity index (χ0) is 10.7. The van der Waals surface area contributed by atoms with Gasteiger partial charge in [-0.15, -0.1) is 0 Å². The Balaban J connectivity index is 3.25. The zero-order valence-electron chi connectivity index (χ0n) is 6.94. The van der Waals surface area contributed by atoms with E-state index in [1.165, 1.54) is 18.2 Å². The number of carboxylic acid groups (broad SMARTS) is 1. The zero-order valence-corrected chi connectivity index (χ0v) is 8.52. The third-order valence-electron chi connectivity index (χ3n) is 1.67. The Kier molecular flexibility index (Phi) is 3.19. The minimum Gasteiger partial charge on any atom is -0.478 e. The fourth-order valence-corrected chi connectivity index (χ4v) is 1.45. The van der Waals surface area contributed by atoms with Crippen LogP contribution >= 0.6 is 15.9 Å². The molecule has 0 fully saturated rings. The lowest BCUT2D eigenvalue weighted by atomic mass is 10.1. The van der Waals surface area contributed by atoms with E-state index in [0.29, 0.717) is 5.56 Å². The average Bonchev–Trinajstić information content (AvgIpc) is 2.16. The highest BCUT2D eigenvalue weighted by Crippen LogP contribution is 2.22. The Hall–Kier alpha value is -1.43. The Bertz CT molecular complexity index is 391. The maximum atomic E-state index is 10.6. The monoisotopic (exact) mass is 259 g/mol. The Morgan fingerprint density at radius 1 is 1.57 bits per heavy atom. The van der Waals surface area contributed by atoms with Gasteiger partial charge in [0.1, 0.15) is 0 Å². The second-order valence-electron chi connectivity index (χ2n) is 2.54. The summed E-state index contributed by atoms with van der Waals surface area (Å²) in [6, 6.07) is 3.70. The number of hydrogen-bond donors (Lipinski definition) is 1. The standard InChI is InChI=1S/C8H6BrNO4/c9-4-6-3-5(8(11)12)1-2-7(6)10(13)14/h1-3H,4H2,(H,11,12). The SMILES string of the molecule is O=C(O)c1ccc([N+](=O)[O-])c(CBr)c1. The molecule has 1 N–H and O–H groups in total. The largest absolute Gasteiger partial charge is 0.478 e. The van der Waals surface area contributed by atoms with Crippen LogP contribution in [0.25, 0.3) is 0 Å². The molecule has 74 valence electrons. The van der Waals surface area contributed by atoms with Crippen LogP contribution in [0.1, 0.15) is 15.9 Å². The molecule has 1 aromatic rings. The molecule has 1 rings (SSSR count). The predicted octanol–water partition coefficient (Wildman–Crippen LogP) is 2.19. The quantitative estimate of drug-likeness (QED) is 0.513. The summed E-state index contributed by atoms with van der Waals surface area (Å²) >= 11 is 3.06. The molecular weight excluding hydrogens is 254 g/mol. The molecule has 5 nitrogen and oxygen atoms in total. The van der Waals surface area contributed by atoms with Crippen molar-refractivity contribution in [1.29, 1.82) is 0 Å². The highest BCUT2D eigenvalue weighted by atomic mass is 79.9. The van der Waals surface area contributed by atoms with E-state index in [-0.39, 0.29) is 16.6 Å². The van der Waals surface area contributed by atoms with E-state index in [4.69, 9.17) is 5.11 Å². The summed E-state index contributed by atoms with van der Waals surface area (Å²) in [4.78, 5) is 20.5. The highest BCUT2D eigenvalue weighted by molar-refractivity contribution is 9.08. The van der Waals surface area contributed by atoms with Crippen LogP contribution in [0.15, 0.2) is 18.2 Å². The third kappa shape index (κ3) is 2.08. The number of alkyl halides is 1. The number of benzene rings is 1. The number of rotatable bonds is 3. The lowest BCUT2D eigenvalue weighted by Crippen LogP contribution is -2.00. The van der Waals surface area contributed by atoms with Crippen LogP contribution < -0.4 is 0 Å². The minimum absolute atomic E-state index is 0.0463. The van der Waals surface area contributed by atoms with Gasteiger partial charge in [-0.05, 0) is 12.1 Å². The number of carbonyl (C=O) groups is 1. The molecule has 0 bridgehead atoms. The molecule has 0 atom stereocenters. The van der Waals surface area contributed by atoms with E-state index in [1.54, 1.807) is 0 Å². The normalized spacial score (nSPS) is 9.79. The number of nitrogens with zero attached hydrogens (tertiary/aromatic N) is 1. The molecule has 0 spiro atoms. The molecule has 0 heterocycles. The number of aromatic carboxylic acids is 1. The van der Waals surface area contributed by atoms with Crippen LogP contribution in [0.5, 0.6) is 0 Å². The van der Waals surface area contributed by atoms with Gasteiger partial charge in [0, 0.05) is 17.0 Å². The Morgan fingerprint density at radius 3 is 2.64 bits per heavy atom. The molecule has 0 aliphatic rings. The van der Waals surface area contributed by atoms with Gasteiger partial charge in [0.2, 0.25) is 0 Å². The summed E-state index contributed by atoms with van der Waals surface area (Å²) in [6.07, 6.45) is 0. The molecule has 0 saturated carbocycles. The van der Waals surface area contributed by atoms with Crippen molar-refractivity contribution in [2.75, 3.05) is 0 Å². The maximum Gasteiger partial charge on any atom is 0.335 e. The lowest BCUT2D eigenvalue weighted by Gasteiger charge is -2.00. The molecule has 0 saturated heterocycles. The minimum atomic E-state index is -1.10. The molecule has 0 radical (unpaired) electrons. The van der Waals surface area contributed by atoms with Crippen molar-refractivity contribution in [3.8, 4) is 0 Å². The smallest absolute Gasteiger partial charge is 0.335 e. The van der Waals surface area contributed by atoms with Gasteiger partial charge in [-0.25, -0.2) is 4.79 Å². The second-order valence-corrected chi connectivity index (χ2v) is 3.10. The van der Waals surface area contributed by atoms with Crippen molar-refractivity contribution in [2.24, 2.45) is 0 Å². The van der Waals surface area contributed by atoms with Gasteiger partial charge in [-0.3, -0.25) is 10.1 Å². The number of carboxylic acids is 1. The van der Waals surface area contributed by atoms with Crippen molar-refractivity contribution in [3.63, 3.8) is 0 Å². The highest BCUT2D eigenvalue weighted by Gasteiger charge is 2.14. The molecule has 0 amide bonds. The maximum absolute atomic E-state index is 10.6. The second kappa shape index (κ2) is 4.19. The van der Waals surface area contributed by atoms with E-state index in [9.17, 15) is 14.9 Å². The lowest BCUT2D eigenvalue weighted by molar-refractivity contribution is -0.385. The summed E-state index contributed by atoms with van der Waals surface area (Å²) in [7, 11) is 0. The van der Waals surface area contributed by atoms with E-state index < -0.39 is 10.9 Å². The van der Waals surface area contributed by atoms with E-state index >= 15 is 0 Å². The summed E-state index contributed by atoms with van der Waals surface area (Å²) in [5.74, 6) is -1.10. The van der Waals surface area contributed by atoms with Crippen molar-refractivity contribution in [2.45, 2.75) is 5.33 Å². The summed E-state index contributed by atoms with van der Waals surface area (Å²) in [5, 5.41) is 19.4. The van der Waals surface area contributed by atoms with Gasteiger partial charge in [-0.1, -0.05) is 15.9 Å². The number of halogens is 1. The van der Waals surface area contributed by atoms with Gasteiger partial charge in [-0.2, -0.15) is 0 Å². The van der Waals surface area contributed by atoms with Crippen LogP contribution in [0, 0.1) is 10.1 Å². The van der Waals surface area contributed by atoms with Crippen LogP contribution in [-0.2, 0) is 5.33 Å². The summed E-state index contributed by atoms with van der Waals surface area (Å²) < 4.78 is 0. The van der Waals surface area contributed by atoms with Crippen molar-refractivity contribution >= 4 is 27.6 Å². The summed E-state index contributed by atoms with van der Waals surface area (Å²) in [5.41, 5.74) is 0.326. The summed E-state index contributed by atoms with van der Waals surface area (Å²) in [6.45, 7) is 0. The molecule has 1 aromatic carbocycles. The van der Waals surface area contributed by atoms with Crippen LogP contribution in [0.2, 0.25) is 0 Å². The first-order chi connectivity index (χ1) is 6.56. The van der Waals surface area contributed by atoms with Gasteiger partial charge < -0.3 is 5.11 Å². The first-order valence-corrected chi connectivity index (χ1v) is 4.75. The van der Waals surface area contributed by atoms with Gasteiger partial charge in [0.05, 0.1) is 10.5 Å². The van der Waals surface area contributed by atoms with E-state index in [2.05, 4.69) is 15.9 Å². The average molecular weight is 260 g/mol. The van der Waals surface area contributed by atoms with Gasteiger partial charge >= 0.3 is 5.97 Å². The molecule has 14 heavy (non-hydrogen) atoms. The third-order valence-corrected chi connectivity index (χ3v) is 2.27. The molecule has 6 heteroatoms. The Morgan fingerprint density at radius 2 is 2.21 bits per heavy atom. The molecule has 0 aliphatic carbocycles. The molecule has 0 aromatic heterocycles. The molecule has 0 aliphatic heterocycles. The van der Waals surface area contributed by atoms with Crippen LogP contribution in [0.4, 0.5) is 5.69 Å². The molecule has 0 unspecified atom stereocenters. The topological polar surface area (TPSA) is 80.4 Å². The number of nitro benzene ring substituents is 1. The van der Waals surface area contributed by atoms with Crippen LogP contribution in [0.3, 0.4) is 0 Å². The van der Waals surface area contributed by atoms with Crippen molar-refractivity contribution in [3.05, 3.63) is 39.4 Å². The van der Waals surface area contributed by atoms with Crippen molar-refractivity contribution in [1.82, 2.24) is 0 Å². The van der Waals surface area contributed by atoms with Crippen LogP contribution in [-0.4, -0.2) is 16.0 Å². The van der Waals surface area contributed by atoms with E-state index in [1.807, 2.05) is 0 Å². The van der Waals surface area contributed by atoms with E-state index in [0.717, 1.165) is 0 Å². The van der Waals surface area contributed by atoms with Gasteiger partial charge in [0.15, 0.2) is 0 Å². The number of hydrogen-bond acceptors (Lipinski definition) is 3. The number of nitro groups is 1. The molecular formula is C8H6BrNO4. The fourth-order valence-electron chi connectivity index (χ4n) is 1.00.